The van der Waals surface area contributed by atoms with Crippen LogP contribution in [0.1, 0.15) is 25.5 Å². The Labute approximate surface area is 123 Å². The lowest BCUT2D eigenvalue weighted by atomic mass is 9.83. The van der Waals surface area contributed by atoms with Crippen LogP contribution in [0.2, 0.25) is 0 Å². The maximum Gasteiger partial charge on any atom is 0.144 e. The van der Waals surface area contributed by atoms with Crippen molar-refractivity contribution in [1.82, 2.24) is 0 Å². The van der Waals surface area contributed by atoms with Gasteiger partial charge < -0.3 is 4.74 Å². The van der Waals surface area contributed by atoms with Gasteiger partial charge in [0.15, 0.2) is 0 Å². The number of hydrogen-bond donors (Lipinski definition) is 0. The lowest BCUT2D eigenvalue weighted by molar-refractivity contribution is -0.134. The van der Waals surface area contributed by atoms with Crippen LogP contribution in [0, 0.1) is 5.92 Å². The van der Waals surface area contributed by atoms with E-state index >= 15 is 0 Å². The smallest absolute Gasteiger partial charge is 0.144 e. The van der Waals surface area contributed by atoms with Gasteiger partial charge in [0.1, 0.15) is 29.3 Å². The Kier molecular flexibility index (Phi) is 3.34. The van der Waals surface area contributed by atoms with Crippen molar-refractivity contribution >= 4 is 11.6 Å². The molecule has 1 heterocycles. The number of ether oxygens (including phenoxy) is 1. The molecule has 106 valence electrons. The minimum atomic E-state index is -0.764. The predicted molar refractivity (Wildman–Crippen MR) is 80.1 cm³/mol. The number of hydrogen-bond acceptors (Lipinski definition) is 3. The van der Waals surface area contributed by atoms with Crippen molar-refractivity contribution in [3.05, 3.63) is 54.1 Å². The van der Waals surface area contributed by atoms with Crippen molar-refractivity contribution in [2.24, 2.45) is 5.92 Å². The summed E-state index contributed by atoms with van der Waals surface area (Å²) in [7, 11) is 0. The topological polar surface area (TPSA) is 43.4 Å². The molecule has 0 fully saturated rings. The zero-order valence-electron chi connectivity index (χ0n) is 12.0. The van der Waals surface area contributed by atoms with Crippen molar-refractivity contribution in [3.8, 4) is 16.9 Å². The lowest BCUT2D eigenvalue weighted by Crippen LogP contribution is -2.32. The highest BCUT2D eigenvalue weighted by atomic mass is 16.5. The molecule has 0 saturated heterocycles. The molecular weight excluding hydrogens is 264 g/mol. The van der Waals surface area contributed by atoms with E-state index in [1.807, 2.05) is 48.5 Å². The summed E-state index contributed by atoms with van der Waals surface area (Å²) in [5, 5.41) is 0. The van der Waals surface area contributed by atoms with Gasteiger partial charge in [-0.25, -0.2) is 0 Å². The van der Waals surface area contributed by atoms with Gasteiger partial charge in [0.25, 0.3) is 0 Å². The fourth-order valence-electron chi connectivity index (χ4n) is 2.94. The highest BCUT2D eigenvalue weighted by Gasteiger charge is 2.37. The van der Waals surface area contributed by atoms with E-state index in [0.29, 0.717) is 5.75 Å². The molecule has 1 atom stereocenters. The van der Waals surface area contributed by atoms with Crippen molar-refractivity contribution in [1.29, 1.82) is 0 Å². The fourth-order valence-corrected chi connectivity index (χ4v) is 2.94. The molecule has 1 unspecified atom stereocenters. The van der Waals surface area contributed by atoms with Gasteiger partial charge >= 0.3 is 0 Å². The molecular formula is C18H16O3. The molecule has 0 amide bonds. The standard InChI is InChI=1S/C18H16O3/c1-11(19)17(12(2)20)18-15-9-4-3-7-13(15)14-8-5-6-10-16(14)21-18/h3-10,17-18H,1-2H3. The van der Waals surface area contributed by atoms with Crippen LogP contribution in [0.5, 0.6) is 5.75 Å². The van der Waals surface area contributed by atoms with Gasteiger partial charge in [-0.05, 0) is 25.5 Å². The first-order valence-corrected chi connectivity index (χ1v) is 6.95. The van der Waals surface area contributed by atoms with Crippen molar-refractivity contribution in [3.63, 3.8) is 0 Å². The zero-order chi connectivity index (χ0) is 15.0. The number of para-hydroxylation sites is 1. The van der Waals surface area contributed by atoms with Gasteiger partial charge in [-0.2, -0.15) is 0 Å². The van der Waals surface area contributed by atoms with Crippen molar-refractivity contribution in [2.45, 2.75) is 20.0 Å². The molecule has 3 rings (SSSR count). The Balaban J connectivity index is 2.18. The van der Waals surface area contributed by atoms with Crippen LogP contribution in [-0.2, 0) is 9.59 Å². The normalized spacial score (nSPS) is 15.9. The molecule has 0 saturated carbocycles. The van der Waals surface area contributed by atoms with Crippen molar-refractivity contribution < 1.29 is 14.3 Å². The van der Waals surface area contributed by atoms with Crippen molar-refractivity contribution in [2.75, 3.05) is 0 Å². The van der Waals surface area contributed by atoms with Crippen LogP contribution < -0.4 is 4.74 Å². The second-order valence-electron chi connectivity index (χ2n) is 5.32. The van der Waals surface area contributed by atoms with E-state index in [4.69, 9.17) is 4.74 Å². The molecule has 0 aromatic heterocycles. The second-order valence-corrected chi connectivity index (χ2v) is 5.32. The number of ketones is 2. The van der Waals surface area contributed by atoms with Gasteiger partial charge in [-0.15, -0.1) is 0 Å². The average molecular weight is 280 g/mol. The molecule has 1 aliphatic rings. The minimum Gasteiger partial charge on any atom is -0.484 e. The van der Waals surface area contributed by atoms with E-state index in [2.05, 4.69) is 0 Å². The van der Waals surface area contributed by atoms with Crippen LogP contribution in [0.25, 0.3) is 11.1 Å². The molecule has 21 heavy (non-hydrogen) atoms. The summed E-state index contributed by atoms with van der Waals surface area (Å²) in [5.41, 5.74) is 2.92. The van der Waals surface area contributed by atoms with E-state index in [1.54, 1.807) is 0 Å². The molecule has 0 aliphatic carbocycles. The van der Waals surface area contributed by atoms with E-state index in [-0.39, 0.29) is 11.6 Å². The summed E-state index contributed by atoms with van der Waals surface area (Å²) in [4.78, 5) is 23.8. The SMILES string of the molecule is CC(=O)C(C(C)=O)C1Oc2ccccc2-c2ccccc21. The van der Waals surface area contributed by atoms with E-state index in [9.17, 15) is 9.59 Å². The number of Topliss-reactive ketones (excluding diaryl/α,β-unsaturated/α-hetero) is 2. The summed E-state index contributed by atoms with van der Waals surface area (Å²) in [5.74, 6) is -0.378. The van der Waals surface area contributed by atoms with Crippen LogP contribution in [0.3, 0.4) is 0 Å². The first kappa shape index (κ1) is 13.6. The maximum atomic E-state index is 11.9. The third kappa shape index (κ3) is 2.25. The third-order valence-corrected chi connectivity index (χ3v) is 3.88. The molecule has 0 bridgehead atoms. The summed E-state index contributed by atoms with van der Waals surface area (Å²) in [6.07, 6.45) is -0.550. The minimum absolute atomic E-state index is 0.165. The Bertz CT molecular complexity index is 704. The fraction of sp³-hybridized carbons (Fsp3) is 0.222. The Hall–Kier alpha value is -2.42. The number of carbonyl (C=O) groups excluding carboxylic acids is 2. The lowest BCUT2D eigenvalue weighted by Gasteiger charge is -2.32. The molecule has 3 heteroatoms. The van der Waals surface area contributed by atoms with Gasteiger partial charge in [0.2, 0.25) is 0 Å². The molecule has 0 spiro atoms. The van der Waals surface area contributed by atoms with E-state index < -0.39 is 12.0 Å². The summed E-state index contributed by atoms with van der Waals surface area (Å²) >= 11 is 0. The van der Waals surface area contributed by atoms with Crippen LogP contribution >= 0.6 is 0 Å². The van der Waals surface area contributed by atoms with Crippen LogP contribution in [0.15, 0.2) is 48.5 Å². The number of fused-ring (bicyclic) bond motifs is 3. The highest BCUT2D eigenvalue weighted by Crippen LogP contribution is 2.44. The summed E-state index contributed by atoms with van der Waals surface area (Å²) in [6.45, 7) is 2.89. The largest absolute Gasteiger partial charge is 0.484 e. The quantitative estimate of drug-likeness (QED) is 0.807. The first-order valence-electron chi connectivity index (χ1n) is 6.95. The number of benzene rings is 2. The third-order valence-electron chi connectivity index (χ3n) is 3.88. The van der Waals surface area contributed by atoms with Gasteiger partial charge in [-0.1, -0.05) is 42.5 Å². The van der Waals surface area contributed by atoms with Gasteiger partial charge in [-0.3, -0.25) is 9.59 Å². The Morgan fingerprint density at radius 1 is 0.905 bits per heavy atom. The molecule has 0 radical (unpaired) electrons. The predicted octanol–water partition coefficient (Wildman–Crippen LogP) is 3.58. The van der Waals surface area contributed by atoms with E-state index in [0.717, 1.165) is 16.7 Å². The van der Waals surface area contributed by atoms with Crippen LogP contribution in [-0.4, -0.2) is 11.6 Å². The highest BCUT2D eigenvalue weighted by molar-refractivity contribution is 6.01. The molecule has 2 aromatic carbocycles. The monoisotopic (exact) mass is 280 g/mol. The van der Waals surface area contributed by atoms with Crippen LogP contribution in [0.4, 0.5) is 0 Å². The van der Waals surface area contributed by atoms with E-state index in [1.165, 1.54) is 13.8 Å². The number of carbonyl (C=O) groups is 2. The molecule has 1 aliphatic heterocycles. The summed E-state index contributed by atoms with van der Waals surface area (Å²) < 4.78 is 6.00. The molecule has 3 nitrogen and oxygen atoms in total. The maximum absolute atomic E-state index is 11.9. The van der Waals surface area contributed by atoms with Gasteiger partial charge in [0.05, 0.1) is 0 Å². The Morgan fingerprint density at radius 2 is 1.48 bits per heavy atom. The average Bonchev–Trinajstić information content (AvgIpc) is 2.47. The Morgan fingerprint density at radius 3 is 2.14 bits per heavy atom. The second kappa shape index (κ2) is 5.17. The van der Waals surface area contributed by atoms with Gasteiger partial charge in [0, 0.05) is 11.1 Å². The molecule has 2 aromatic rings. The first-order chi connectivity index (χ1) is 10.1. The molecule has 0 N–H and O–H groups in total. The number of rotatable bonds is 3. The zero-order valence-corrected chi connectivity index (χ0v) is 12.0. The summed E-state index contributed by atoms with van der Waals surface area (Å²) in [6, 6.07) is 15.5.